The fraction of sp³-hybridized carbons (Fsp3) is 0.600. The normalized spacial score (nSPS) is 20.2. The minimum Gasteiger partial charge on any atom is -0.363 e. The summed E-state index contributed by atoms with van der Waals surface area (Å²) in [6, 6.07) is 4.66. The highest BCUT2D eigenvalue weighted by atomic mass is 19.1. The van der Waals surface area contributed by atoms with Crippen molar-refractivity contribution in [2.45, 2.75) is 90.8 Å². The van der Waals surface area contributed by atoms with Crippen LogP contribution in [0.15, 0.2) is 18.2 Å². The van der Waals surface area contributed by atoms with Crippen LogP contribution in [-0.4, -0.2) is 9.97 Å². The van der Waals surface area contributed by atoms with Gasteiger partial charge in [0.05, 0.1) is 11.7 Å². The predicted octanol–water partition coefficient (Wildman–Crippen LogP) is 7.13. The highest BCUT2D eigenvalue weighted by molar-refractivity contribution is 5.51. The Balaban J connectivity index is 1.70. The summed E-state index contributed by atoms with van der Waals surface area (Å²) in [5.41, 5.74) is 3.33. The number of hydrogen-bond donors (Lipinski definition) is 1. The van der Waals surface area contributed by atoms with Crippen LogP contribution in [0.1, 0.15) is 106 Å². The van der Waals surface area contributed by atoms with E-state index in [9.17, 15) is 8.78 Å². The minimum absolute atomic E-state index is 0.110. The molecule has 0 aliphatic heterocycles. The van der Waals surface area contributed by atoms with E-state index in [1.54, 1.807) is 12.1 Å². The van der Waals surface area contributed by atoms with Crippen LogP contribution in [0.5, 0.6) is 0 Å². The number of rotatable bonds is 7. The van der Waals surface area contributed by atoms with E-state index in [1.165, 1.54) is 44.2 Å². The second kappa shape index (κ2) is 8.24. The maximum absolute atomic E-state index is 15.0. The zero-order valence-corrected chi connectivity index (χ0v) is 18.6. The van der Waals surface area contributed by atoms with Gasteiger partial charge in [-0.15, -0.1) is 0 Å². The van der Waals surface area contributed by atoms with E-state index in [0.717, 1.165) is 36.6 Å². The second-order valence-electron chi connectivity index (χ2n) is 9.68. The van der Waals surface area contributed by atoms with Crippen molar-refractivity contribution in [1.29, 1.82) is 0 Å². The van der Waals surface area contributed by atoms with Crippen molar-refractivity contribution >= 4 is 5.82 Å². The average molecular weight is 414 g/mol. The van der Waals surface area contributed by atoms with Gasteiger partial charge in [-0.2, -0.15) is 0 Å². The van der Waals surface area contributed by atoms with Crippen LogP contribution in [0.4, 0.5) is 14.6 Å². The van der Waals surface area contributed by atoms with Gasteiger partial charge in [0.1, 0.15) is 23.6 Å². The second-order valence-corrected chi connectivity index (χ2v) is 9.68. The van der Waals surface area contributed by atoms with Gasteiger partial charge in [0, 0.05) is 16.7 Å². The Hall–Kier alpha value is -2.04. The summed E-state index contributed by atoms with van der Waals surface area (Å²) >= 11 is 0. The van der Waals surface area contributed by atoms with E-state index in [2.05, 4.69) is 12.2 Å². The van der Waals surface area contributed by atoms with Crippen LogP contribution in [0, 0.1) is 18.2 Å². The number of aromatic nitrogens is 2. The van der Waals surface area contributed by atoms with Crippen LogP contribution in [0.25, 0.3) is 0 Å². The summed E-state index contributed by atoms with van der Waals surface area (Å²) in [6.45, 7) is 7.55. The lowest BCUT2D eigenvalue weighted by Gasteiger charge is -2.24. The summed E-state index contributed by atoms with van der Waals surface area (Å²) in [6.07, 6.45) is 6.92. The van der Waals surface area contributed by atoms with Gasteiger partial charge in [-0.25, -0.2) is 18.7 Å². The number of halogens is 2. The molecule has 2 saturated carbocycles. The summed E-state index contributed by atoms with van der Waals surface area (Å²) in [7, 11) is 0. The standard InChI is InChI=1S/C25H33F2N3/c1-15(26)19-10-7-11-20(23(19)27)16(2)28-24-22(18-8-5-6-9-18)21(29-17(3)30-24)14-25(4)12-13-25/h7,10-11,15-16,18H,5-6,8-9,12-14H2,1-4H3,(H,28,29,30). The van der Waals surface area contributed by atoms with Crippen molar-refractivity contribution in [2.24, 2.45) is 5.41 Å². The fourth-order valence-corrected chi connectivity index (χ4v) is 4.81. The molecule has 2 aliphatic rings. The van der Waals surface area contributed by atoms with Gasteiger partial charge >= 0.3 is 0 Å². The number of anilines is 1. The molecule has 1 N–H and O–H groups in total. The van der Waals surface area contributed by atoms with Gasteiger partial charge in [0.25, 0.3) is 0 Å². The first-order valence-electron chi connectivity index (χ1n) is 11.3. The highest BCUT2D eigenvalue weighted by Crippen LogP contribution is 2.49. The number of alkyl halides is 1. The molecule has 2 aromatic rings. The molecule has 2 aliphatic carbocycles. The first-order valence-corrected chi connectivity index (χ1v) is 11.3. The van der Waals surface area contributed by atoms with Gasteiger partial charge in [-0.3, -0.25) is 0 Å². The molecule has 4 rings (SSSR count). The van der Waals surface area contributed by atoms with E-state index in [4.69, 9.17) is 9.97 Å². The number of nitrogens with one attached hydrogen (secondary N) is 1. The third-order valence-corrected chi connectivity index (χ3v) is 6.90. The number of hydrogen-bond acceptors (Lipinski definition) is 3. The maximum atomic E-state index is 15.0. The molecule has 0 radical (unpaired) electrons. The summed E-state index contributed by atoms with van der Waals surface area (Å²) in [5, 5.41) is 3.48. The molecule has 30 heavy (non-hydrogen) atoms. The quantitative estimate of drug-likeness (QED) is 0.525. The van der Waals surface area contributed by atoms with Crippen LogP contribution in [0.3, 0.4) is 0 Å². The Bertz CT molecular complexity index is 915. The fourth-order valence-electron chi connectivity index (χ4n) is 4.81. The maximum Gasteiger partial charge on any atom is 0.134 e. The van der Waals surface area contributed by atoms with Crippen LogP contribution < -0.4 is 5.32 Å². The highest BCUT2D eigenvalue weighted by Gasteiger charge is 2.39. The van der Waals surface area contributed by atoms with Crippen molar-refractivity contribution < 1.29 is 8.78 Å². The molecule has 0 spiro atoms. The first-order chi connectivity index (χ1) is 14.3. The Morgan fingerprint density at radius 1 is 1.13 bits per heavy atom. The summed E-state index contributed by atoms with van der Waals surface area (Å²) < 4.78 is 28.8. The van der Waals surface area contributed by atoms with Crippen molar-refractivity contribution in [3.63, 3.8) is 0 Å². The molecule has 2 atom stereocenters. The molecular weight excluding hydrogens is 380 g/mol. The lowest BCUT2D eigenvalue weighted by molar-refractivity contribution is 0.360. The molecule has 3 nitrogen and oxygen atoms in total. The van der Waals surface area contributed by atoms with E-state index < -0.39 is 12.0 Å². The molecule has 1 aromatic carbocycles. The van der Waals surface area contributed by atoms with Gasteiger partial charge in [0.15, 0.2) is 0 Å². The van der Waals surface area contributed by atoms with Crippen LogP contribution in [0.2, 0.25) is 0 Å². The lowest BCUT2D eigenvalue weighted by Crippen LogP contribution is -2.18. The van der Waals surface area contributed by atoms with Gasteiger partial charge in [-0.05, 0) is 64.2 Å². The van der Waals surface area contributed by atoms with Crippen molar-refractivity contribution in [2.75, 3.05) is 5.32 Å². The third kappa shape index (κ3) is 4.35. The Kier molecular flexibility index (Phi) is 5.82. The minimum atomic E-state index is -1.33. The van der Waals surface area contributed by atoms with Crippen molar-refractivity contribution in [3.05, 3.63) is 52.2 Å². The van der Waals surface area contributed by atoms with E-state index >= 15 is 0 Å². The molecule has 0 amide bonds. The predicted molar refractivity (Wildman–Crippen MR) is 117 cm³/mol. The van der Waals surface area contributed by atoms with E-state index in [1.807, 2.05) is 13.8 Å². The van der Waals surface area contributed by atoms with Gasteiger partial charge < -0.3 is 5.32 Å². The van der Waals surface area contributed by atoms with Crippen LogP contribution in [-0.2, 0) is 6.42 Å². The molecule has 1 heterocycles. The summed E-state index contributed by atoms with van der Waals surface area (Å²) in [5.74, 6) is 1.57. The van der Waals surface area contributed by atoms with Crippen molar-refractivity contribution in [1.82, 2.24) is 9.97 Å². The number of aryl methyl sites for hydroxylation is 1. The molecule has 5 heteroatoms. The Labute approximate surface area is 178 Å². The number of benzene rings is 1. The molecule has 2 unspecified atom stereocenters. The van der Waals surface area contributed by atoms with Gasteiger partial charge in [-0.1, -0.05) is 38.0 Å². The molecule has 0 bridgehead atoms. The lowest BCUT2D eigenvalue weighted by atomic mass is 9.90. The zero-order valence-electron chi connectivity index (χ0n) is 18.6. The van der Waals surface area contributed by atoms with E-state index in [0.29, 0.717) is 16.9 Å². The monoisotopic (exact) mass is 413 g/mol. The zero-order chi connectivity index (χ0) is 21.5. The molecule has 2 fully saturated rings. The topological polar surface area (TPSA) is 37.8 Å². The van der Waals surface area contributed by atoms with Crippen LogP contribution >= 0.6 is 0 Å². The third-order valence-electron chi connectivity index (χ3n) is 6.90. The van der Waals surface area contributed by atoms with Crippen molar-refractivity contribution in [3.8, 4) is 0 Å². The molecule has 162 valence electrons. The smallest absolute Gasteiger partial charge is 0.134 e. The number of nitrogens with zero attached hydrogens (tertiary/aromatic N) is 2. The summed E-state index contributed by atoms with van der Waals surface area (Å²) in [4.78, 5) is 9.63. The molecule has 0 saturated heterocycles. The van der Waals surface area contributed by atoms with Gasteiger partial charge in [0.2, 0.25) is 0 Å². The SMILES string of the molecule is Cc1nc(CC2(C)CC2)c(C2CCCC2)c(NC(C)c2cccc(C(C)F)c2F)n1. The first kappa shape index (κ1) is 21.2. The molecule has 1 aromatic heterocycles. The Morgan fingerprint density at radius 2 is 1.80 bits per heavy atom. The van der Waals surface area contributed by atoms with E-state index in [-0.39, 0.29) is 11.6 Å². The molecular formula is C25H33F2N3. The largest absolute Gasteiger partial charge is 0.363 e. The average Bonchev–Trinajstić information content (AvgIpc) is 3.16. The Morgan fingerprint density at radius 3 is 2.43 bits per heavy atom.